The van der Waals surface area contributed by atoms with Crippen LogP contribution >= 0.6 is 0 Å². The fourth-order valence-electron chi connectivity index (χ4n) is 3.31. The van der Waals surface area contributed by atoms with Crippen molar-refractivity contribution in [3.63, 3.8) is 0 Å². The van der Waals surface area contributed by atoms with Crippen molar-refractivity contribution in [3.05, 3.63) is 11.8 Å². The average Bonchev–Trinajstić information content (AvgIpc) is 2.95. The first-order valence-corrected chi connectivity index (χ1v) is 6.51. The van der Waals surface area contributed by atoms with Crippen LogP contribution in [0.15, 0.2) is 6.07 Å². The van der Waals surface area contributed by atoms with Crippen molar-refractivity contribution in [1.82, 2.24) is 9.97 Å². The highest BCUT2D eigenvalue weighted by atomic mass is 16.5. The molecule has 0 aliphatic carbocycles. The van der Waals surface area contributed by atoms with Gasteiger partial charge in [-0.15, -0.1) is 0 Å². The standard InChI is InChI=1S/C13H17N3O3/c1-7-5-11(19-2)15-13(14-7)16-8-3-4-10(16)9(6-8)12(17)18/h5,8-10H,3-4,6H2,1-2H3,(H,17,18). The number of aliphatic carboxylic acids is 1. The first kappa shape index (κ1) is 12.2. The van der Waals surface area contributed by atoms with Crippen LogP contribution in [0.1, 0.15) is 25.0 Å². The number of carboxylic acid groups (broad SMARTS) is 1. The molecular weight excluding hydrogens is 246 g/mol. The van der Waals surface area contributed by atoms with Crippen molar-refractivity contribution in [1.29, 1.82) is 0 Å². The molecule has 3 unspecified atom stereocenters. The van der Waals surface area contributed by atoms with E-state index in [1.165, 1.54) is 0 Å². The third kappa shape index (κ3) is 1.91. The van der Waals surface area contributed by atoms with Gasteiger partial charge in [0.05, 0.1) is 13.0 Å². The Kier molecular flexibility index (Phi) is 2.80. The van der Waals surface area contributed by atoms with Crippen LogP contribution in [0.5, 0.6) is 5.88 Å². The van der Waals surface area contributed by atoms with Gasteiger partial charge in [-0.3, -0.25) is 4.79 Å². The van der Waals surface area contributed by atoms with Crippen LogP contribution in [0.4, 0.5) is 5.95 Å². The first-order chi connectivity index (χ1) is 9.10. The third-order valence-corrected chi connectivity index (χ3v) is 4.11. The largest absolute Gasteiger partial charge is 0.481 e. The van der Waals surface area contributed by atoms with Gasteiger partial charge < -0.3 is 14.7 Å². The van der Waals surface area contributed by atoms with Crippen molar-refractivity contribution in [3.8, 4) is 5.88 Å². The molecule has 1 aromatic heterocycles. The molecule has 19 heavy (non-hydrogen) atoms. The Balaban J connectivity index is 1.95. The van der Waals surface area contributed by atoms with Crippen molar-refractivity contribution in [2.75, 3.05) is 12.0 Å². The number of fused-ring (bicyclic) bond motifs is 2. The van der Waals surface area contributed by atoms with Crippen LogP contribution in [-0.4, -0.2) is 40.2 Å². The maximum absolute atomic E-state index is 11.3. The van der Waals surface area contributed by atoms with Crippen LogP contribution in [-0.2, 0) is 4.79 Å². The SMILES string of the molecule is COc1cc(C)nc(N2C3CCC2C(C(=O)O)C3)n1. The van der Waals surface area contributed by atoms with Crippen LogP contribution in [0, 0.1) is 12.8 Å². The molecule has 0 radical (unpaired) electrons. The lowest BCUT2D eigenvalue weighted by molar-refractivity contribution is -0.142. The molecule has 0 saturated carbocycles. The van der Waals surface area contributed by atoms with E-state index in [9.17, 15) is 9.90 Å². The molecule has 2 aliphatic heterocycles. The van der Waals surface area contributed by atoms with E-state index in [0.29, 0.717) is 18.2 Å². The number of aryl methyl sites for hydroxylation is 1. The van der Waals surface area contributed by atoms with Crippen molar-refractivity contribution in [2.45, 2.75) is 38.3 Å². The summed E-state index contributed by atoms with van der Waals surface area (Å²) in [5.74, 6) is 0.124. The molecule has 0 amide bonds. The molecule has 2 aliphatic rings. The Labute approximate surface area is 111 Å². The predicted molar refractivity (Wildman–Crippen MR) is 68.4 cm³/mol. The van der Waals surface area contributed by atoms with Gasteiger partial charge in [0.1, 0.15) is 0 Å². The van der Waals surface area contributed by atoms with Crippen LogP contribution in [0.3, 0.4) is 0 Å². The maximum atomic E-state index is 11.3. The number of nitrogens with zero attached hydrogens (tertiary/aromatic N) is 3. The third-order valence-electron chi connectivity index (χ3n) is 4.11. The zero-order valence-electron chi connectivity index (χ0n) is 11.0. The second-order valence-electron chi connectivity index (χ2n) is 5.24. The Morgan fingerprint density at radius 1 is 1.47 bits per heavy atom. The molecule has 102 valence electrons. The highest BCUT2D eigenvalue weighted by Crippen LogP contribution is 2.43. The molecule has 3 atom stereocenters. The fourth-order valence-corrected chi connectivity index (χ4v) is 3.31. The van der Waals surface area contributed by atoms with Crippen LogP contribution in [0.2, 0.25) is 0 Å². The minimum Gasteiger partial charge on any atom is -0.481 e. The van der Waals surface area contributed by atoms with Gasteiger partial charge in [-0.05, 0) is 26.2 Å². The minimum atomic E-state index is -0.711. The number of hydrogen-bond donors (Lipinski definition) is 1. The lowest BCUT2D eigenvalue weighted by Gasteiger charge is -2.23. The van der Waals surface area contributed by atoms with E-state index >= 15 is 0 Å². The molecule has 2 fully saturated rings. The van der Waals surface area contributed by atoms with Gasteiger partial charge in [0.25, 0.3) is 0 Å². The zero-order chi connectivity index (χ0) is 13.6. The fraction of sp³-hybridized carbons (Fsp3) is 0.615. The smallest absolute Gasteiger partial charge is 0.308 e. The average molecular weight is 263 g/mol. The minimum absolute atomic E-state index is 0.0222. The van der Waals surface area contributed by atoms with Gasteiger partial charge in [0, 0.05) is 23.8 Å². The van der Waals surface area contributed by atoms with E-state index in [1.807, 2.05) is 6.92 Å². The summed E-state index contributed by atoms with van der Waals surface area (Å²) in [5, 5.41) is 9.26. The number of anilines is 1. The van der Waals surface area contributed by atoms with Crippen molar-refractivity contribution in [2.24, 2.45) is 5.92 Å². The maximum Gasteiger partial charge on any atom is 0.308 e. The Hall–Kier alpha value is -1.85. The van der Waals surface area contributed by atoms with Crippen molar-refractivity contribution < 1.29 is 14.6 Å². The zero-order valence-corrected chi connectivity index (χ0v) is 11.0. The molecule has 0 aromatic carbocycles. The number of carboxylic acids is 1. The van der Waals surface area contributed by atoms with Gasteiger partial charge in [-0.1, -0.05) is 0 Å². The van der Waals surface area contributed by atoms with Gasteiger partial charge in [0.2, 0.25) is 11.8 Å². The van der Waals surface area contributed by atoms with E-state index in [4.69, 9.17) is 4.74 Å². The Bertz CT molecular complexity index is 520. The second kappa shape index (κ2) is 4.36. The highest BCUT2D eigenvalue weighted by Gasteiger charge is 2.50. The second-order valence-corrected chi connectivity index (χ2v) is 5.24. The van der Waals surface area contributed by atoms with E-state index in [2.05, 4.69) is 14.9 Å². The van der Waals surface area contributed by atoms with Gasteiger partial charge >= 0.3 is 5.97 Å². The summed E-state index contributed by atoms with van der Waals surface area (Å²) in [6, 6.07) is 2.04. The highest BCUT2D eigenvalue weighted by molar-refractivity contribution is 5.73. The lowest BCUT2D eigenvalue weighted by Crippen LogP contribution is -2.34. The summed E-state index contributed by atoms with van der Waals surface area (Å²) < 4.78 is 5.17. The van der Waals surface area contributed by atoms with E-state index in [0.717, 1.165) is 18.5 Å². The van der Waals surface area contributed by atoms with Crippen molar-refractivity contribution >= 4 is 11.9 Å². The van der Waals surface area contributed by atoms with E-state index in [1.54, 1.807) is 13.2 Å². The molecule has 6 nitrogen and oxygen atoms in total. The summed E-state index contributed by atoms with van der Waals surface area (Å²) in [6.45, 7) is 1.89. The predicted octanol–water partition coefficient (Wildman–Crippen LogP) is 1.24. The summed E-state index contributed by atoms with van der Waals surface area (Å²) in [6.07, 6.45) is 2.62. The normalized spacial score (nSPS) is 28.7. The summed E-state index contributed by atoms with van der Waals surface area (Å²) in [7, 11) is 1.57. The monoisotopic (exact) mass is 263 g/mol. The van der Waals surface area contributed by atoms with Gasteiger partial charge in [-0.2, -0.15) is 4.98 Å². The Morgan fingerprint density at radius 2 is 2.26 bits per heavy atom. The quantitative estimate of drug-likeness (QED) is 0.884. The number of hydrogen-bond acceptors (Lipinski definition) is 5. The van der Waals surface area contributed by atoms with Crippen LogP contribution in [0.25, 0.3) is 0 Å². The van der Waals surface area contributed by atoms with E-state index in [-0.39, 0.29) is 18.0 Å². The number of ether oxygens (including phenoxy) is 1. The number of carbonyl (C=O) groups is 1. The molecule has 3 rings (SSSR count). The lowest BCUT2D eigenvalue weighted by atomic mass is 9.89. The molecular formula is C13H17N3O3. The summed E-state index contributed by atoms with van der Waals surface area (Å²) in [5.41, 5.74) is 0.833. The van der Waals surface area contributed by atoms with Crippen LogP contribution < -0.4 is 9.64 Å². The van der Waals surface area contributed by atoms with Gasteiger partial charge in [0.15, 0.2) is 0 Å². The first-order valence-electron chi connectivity index (χ1n) is 6.51. The molecule has 6 heteroatoms. The molecule has 1 aromatic rings. The Morgan fingerprint density at radius 3 is 2.89 bits per heavy atom. The summed E-state index contributed by atoms with van der Waals surface area (Å²) in [4.78, 5) is 22.2. The summed E-state index contributed by atoms with van der Waals surface area (Å²) >= 11 is 0. The molecule has 2 saturated heterocycles. The number of methoxy groups -OCH3 is 1. The molecule has 1 N–H and O–H groups in total. The molecule has 3 heterocycles. The van der Waals surface area contributed by atoms with Gasteiger partial charge in [-0.25, -0.2) is 4.98 Å². The molecule has 0 spiro atoms. The topological polar surface area (TPSA) is 75.5 Å². The number of rotatable bonds is 3. The number of aromatic nitrogens is 2. The van der Waals surface area contributed by atoms with E-state index < -0.39 is 5.97 Å². The molecule has 2 bridgehead atoms.